The number of pyridine rings is 2. The zero-order valence-electron chi connectivity index (χ0n) is 17.8. The molecule has 0 fully saturated rings. The second kappa shape index (κ2) is 7.59. The summed E-state index contributed by atoms with van der Waals surface area (Å²) in [7, 11) is 0. The normalized spacial score (nSPS) is 14.1. The lowest BCUT2D eigenvalue weighted by atomic mass is 9.61. The van der Waals surface area contributed by atoms with E-state index in [1.807, 2.05) is 62.6 Å². The molecule has 0 atom stereocenters. The topological polar surface area (TPSA) is 42.9 Å². The average Bonchev–Trinajstić information content (AvgIpc) is 2.78. The molecule has 0 amide bonds. The molecule has 31 heavy (non-hydrogen) atoms. The molecule has 0 N–H and O–H groups in total. The van der Waals surface area contributed by atoms with Crippen molar-refractivity contribution < 1.29 is 4.79 Å². The Morgan fingerprint density at radius 1 is 0.677 bits per heavy atom. The van der Waals surface area contributed by atoms with Gasteiger partial charge in [0.25, 0.3) is 0 Å². The van der Waals surface area contributed by atoms with E-state index in [4.69, 9.17) is 0 Å². The van der Waals surface area contributed by atoms with Crippen LogP contribution in [0.4, 0.5) is 0 Å². The molecule has 0 aliphatic heterocycles. The summed E-state index contributed by atoms with van der Waals surface area (Å²) >= 11 is 0. The Hall–Kier alpha value is -3.59. The third kappa shape index (κ3) is 3.36. The van der Waals surface area contributed by atoms with Crippen LogP contribution in [0.2, 0.25) is 0 Å². The molecule has 2 aromatic heterocycles. The van der Waals surface area contributed by atoms with E-state index in [0.717, 1.165) is 46.5 Å². The van der Waals surface area contributed by atoms with E-state index < -0.39 is 0 Å². The zero-order valence-corrected chi connectivity index (χ0v) is 17.8. The van der Waals surface area contributed by atoms with E-state index in [1.54, 1.807) is 0 Å². The van der Waals surface area contributed by atoms with Crippen molar-refractivity contribution in [2.24, 2.45) is 0 Å². The van der Waals surface area contributed by atoms with E-state index in [1.165, 1.54) is 11.1 Å². The van der Waals surface area contributed by atoms with Crippen molar-refractivity contribution in [1.29, 1.82) is 0 Å². The first kappa shape index (κ1) is 19.4. The van der Waals surface area contributed by atoms with Crippen LogP contribution in [-0.4, -0.2) is 15.8 Å². The second-order valence-electron chi connectivity index (χ2n) is 8.47. The van der Waals surface area contributed by atoms with E-state index in [0.29, 0.717) is 0 Å². The van der Waals surface area contributed by atoms with Crippen molar-refractivity contribution in [3.8, 4) is 0 Å². The van der Waals surface area contributed by atoms with Crippen molar-refractivity contribution >= 4 is 5.78 Å². The fourth-order valence-corrected chi connectivity index (χ4v) is 5.06. The third-order valence-corrected chi connectivity index (χ3v) is 6.31. The monoisotopic (exact) mass is 404 g/mol. The highest BCUT2D eigenvalue weighted by Gasteiger charge is 2.43. The molecule has 4 aromatic rings. The number of ketones is 1. The highest BCUT2D eigenvalue weighted by atomic mass is 16.1. The molecule has 0 radical (unpaired) electrons. The first-order valence-corrected chi connectivity index (χ1v) is 10.6. The highest BCUT2D eigenvalue weighted by Crippen LogP contribution is 2.46. The first-order valence-electron chi connectivity index (χ1n) is 10.6. The van der Waals surface area contributed by atoms with Gasteiger partial charge in [-0.1, -0.05) is 48.5 Å². The van der Waals surface area contributed by atoms with Crippen LogP contribution in [0.3, 0.4) is 0 Å². The quantitative estimate of drug-likeness (QED) is 0.457. The van der Waals surface area contributed by atoms with E-state index >= 15 is 0 Å². The average molecular weight is 405 g/mol. The molecule has 0 unspecified atom stereocenters. The molecular formula is C28H24N2O. The van der Waals surface area contributed by atoms with Crippen LogP contribution in [0.25, 0.3) is 0 Å². The summed E-state index contributed by atoms with van der Waals surface area (Å²) in [5.74, 6) is 0.110. The van der Waals surface area contributed by atoms with Gasteiger partial charge in [-0.2, -0.15) is 0 Å². The van der Waals surface area contributed by atoms with E-state index in [9.17, 15) is 4.79 Å². The Bertz CT molecular complexity index is 1190. The van der Waals surface area contributed by atoms with E-state index in [-0.39, 0.29) is 11.2 Å². The fourth-order valence-electron chi connectivity index (χ4n) is 5.06. The van der Waals surface area contributed by atoms with Gasteiger partial charge in [0.05, 0.1) is 0 Å². The minimum atomic E-state index is -0.358. The summed E-state index contributed by atoms with van der Waals surface area (Å²) in [5.41, 5.74) is 7.89. The predicted octanol–water partition coefficient (Wildman–Crippen LogP) is 5.41. The maximum Gasteiger partial charge on any atom is 0.193 e. The molecule has 0 saturated heterocycles. The second-order valence-corrected chi connectivity index (χ2v) is 8.47. The molecule has 2 aromatic carbocycles. The van der Waals surface area contributed by atoms with Crippen molar-refractivity contribution in [1.82, 2.24) is 9.97 Å². The number of nitrogens with zero attached hydrogens (tertiary/aromatic N) is 2. The van der Waals surface area contributed by atoms with Crippen LogP contribution in [0.15, 0.2) is 85.2 Å². The number of benzene rings is 2. The SMILES string of the molecule is Cc1cc(CC2(Cc3ccnc(C)c3)c3ccccc3C(=O)c3ccccc32)ccn1. The molecule has 0 spiro atoms. The van der Waals surface area contributed by atoms with E-state index in [2.05, 4.69) is 46.4 Å². The molecule has 3 heteroatoms. The molecule has 1 aliphatic rings. The maximum atomic E-state index is 13.4. The lowest BCUT2D eigenvalue weighted by Crippen LogP contribution is -2.39. The van der Waals surface area contributed by atoms with Gasteiger partial charge in [-0.15, -0.1) is 0 Å². The van der Waals surface area contributed by atoms with Gasteiger partial charge in [-0.25, -0.2) is 0 Å². The number of carbonyl (C=O) groups excluding carboxylic acids is 1. The molecule has 3 nitrogen and oxygen atoms in total. The van der Waals surface area contributed by atoms with Gasteiger partial charge in [0.15, 0.2) is 5.78 Å². The number of aromatic nitrogens is 2. The number of fused-ring (bicyclic) bond motifs is 2. The van der Waals surface area contributed by atoms with Gasteiger partial charge in [-0.3, -0.25) is 14.8 Å². The Balaban J connectivity index is 1.79. The van der Waals surface area contributed by atoms with Crippen molar-refractivity contribution in [2.45, 2.75) is 32.1 Å². The smallest absolute Gasteiger partial charge is 0.193 e. The van der Waals surface area contributed by atoms with Gasteiger partial charge in [0, 0.05) is 40.3 Å². The Labute approximate surface area is 182 Å². The highest BCUT2D eigenvalue weighted by molar-refractivity contribution is 6.13. The number of carbonyl (C=O) groups is 1. The summed E-state index contributed by atoms with van der Waals surface area (Å²) in [4.78, 5) is 22.2. The summed E-state index contributed by atoms with van der Waals surface area (Å²) in [5, 5.41) is 0. The van der Waals surface area contributed by atoms with Crippen molar-refractivity contribution in [3.05, 3.63) is 130 Å². The Kier molecular flexibility index (Phi) is 4.74. The standard InChI is InChI=1S/C28H24N2O/c1-19-15-21(11-13-29-19)17-28(18-22-12-14-30-20(2)16-22)25-9-5-3-7-23(25)27(31)24-8-4-6-10-26(24)28/h3-16H,17-18H2,1-2H3. The Morgan fingerprint density at radius 2 is 1.13 bits per heavy atom. The number of hydrogen-bond donors (Lipinski definition) is 0. The summed E-state index contributed by atoms with van der Waals surface area (Å²) in [6.45, 7) is 4.05. The molecule has 1 aliphatic carbocycles. The number of rotatable bonds is 4. The molecule has 0 bridgehead atoms. The number of aryl methyl sites for hydroxylation is 2. The van der Waals surface area contributed by atoms with Crippen LogP contribution in [0.5, 0.6) is 0 Å². The molecule has 2 heterocycles. The van der Waals surface area contributed by atoms with Crippen LogP contribution < -0.4 is 0 Å². The van der Waals surface area contributed by atoms with Gasteiger partial charge in [0.1, 0.15) is 0 Å². The molecular weight excluding hydrogens is 380 g/mol. The minimum Gasteiger partial charge on any atom is -0.289 e. The zero-order chi connectivity index (χ0) is 21.4. The molecule has 152 valence electrons. The molecule has 0 saturated carbocycles. The lowest BCUT2D eigenvalue weighted by Gasteiger charge is -2.41. The van der Waals surface area contributed by atoms with Crippen LogP contribution in [0, 0.1) is 13.8 Å². The van der Waals surface area contributed by atoms with Crippen LogP contribution in [-0.2, 0) is 18.3 Å². The van der Waals surface area contributed by atoms with Crippen LogP contribution in [0.1, 0.15) is 49.6 Å². The van der Waals surface area contributed by atoms with Gasteiger partial charge in [-0.05, 0) is 73.2 Å². The number of hydrogen-bond acceptors (Lipinski definition) is 3. The minimum absolute atomic E-state index is 0.110. The third-order valence-electron chi connectivity index (χ3n) is 6.31. The van der Waals surface area contributed by atoms with Crippen LogP contribution >= 0.6 is 0 Å². The lowest BCUT2D eigenvalue weighted by molar-refractivity contribution is 0.102. The Morgan fingerprint density at radius 3 is 1.58 bits per heavy atom. The van der Waals surface area contributed by atoms with Crippen molar-refractivity contribution in [3.63, 3.8) is 0 Å². The summed E-state index contributed by atoms with van der Waals surface area (Å²) < 4.78 is 0. The van der Waals surface area contributed by atoms with Gasteiger partial charge < -0.3 is 0 Å². The predicted molar refractivity (Wildman–Crippen MR) is 122 cm³/mol. The summed E-state index contributed by atoms with van der Waals surface area (Å²) in [6.07, 6.45) is 5.33. The van der Waals surface area contributed by atoms with Gasteiger partial charge >= 0.3 is 0 Å². The summed E-state index contributed by atoms with van der Waals surface area (Å²) in [6, 6.07) is 24.7. The van der Waals surface area contributed by atoms with Gasteiger partial charge in [0.2, 0.25) is 0 Å². The molecule has 5 rings (SSSR count). The van der Waals surface area contributed by atoms with Crippen molar-refractivity contribution in [2.75, 3.05) is 0 Å². The largest absolute Gasteiger partial charge is 0.289 e. The first-order chi connectivity index (χ1) is 15.1. The fraction of sp³-hybridized carbons (Fsp3) is 0.179. The maximum absolute atomic E-state index is 13.4.